The summed E-state index contributed by atoms with van der Waals surface area (Å²) >= 11 is 0. The quantitative estimate of drug-likeness (QED) is 0.482. The van der Waals surface area contributed by atoms with Crippen molar-refractivity contribution in [2.75, 3.05) is 5.32 Å². The normalized spacial score (nSPS) is 10.5. The van der Waals surface area contributed by atoms with E-state index in [-0.39, 0.29) is 17.6 Å². The van der Waals surface area contributed by atoms with Gasteiger partial charge in [-0.3, -0.25) is 9.59 Å². The number of rotatable bonds is 5. The average Bonchev–Trinajstić information content (AvgIpc) is 2.70. The summed E-state index contributed by atoms with van der Waals surface area (Å²) in [6.45, 7) is 0. The molecule has 0 fully saturated rings. The molecule has 3 N–H and O–H groups in total. The molecule has 0 heterocycles. The van der Waals surface area contributed by atoms with Crippen molar-refractivity contribution in [1.82, 2.24) is 5.43 Å². The molecule has 134 valence electrons. The predicted molar refractivity (Wildman–Crippen MR) is 104 cm³/mol. The van der Waals surface area contributed by atoms with Crippen molar-refractivity contribution in [3.63, 3.8) is 0 Å². The fourth-order valence-electron chi connectivity index (χ4n) is 2.29. The van der Waals surface area contributed by atoms with Crippen molar-refractivity contribution >= 4 is 23.7 Å². The minimum absolute atomic E-state index is 0.163. The number of nitrogens with one attached hydrogen (secondary N) is 2. The molecule has 0 bridgehead atoms. The first-order valence-corrected chi connectivity index (χ1v) is 8.21. The number of phenolic OH excluding ortho intramolecular Hbond substituents is 1. The van der Waals surface area contributed by atoms with Crippen LogP contribution in [-0.4, -0.2) is 23.1 Å². The maximum atomic E-state index is 12.1. The molecule has 3 rings (SSSR count). The van der Waals surface area contributed by atoms with Crippen LogP contribution in [-0.2, 0) is 0 Å². The Hall–Kier alpha value is -3.93. The maximum absolute atomic E-state index is 12.1. The molecule has 0 atom stereocenters. The van der Waals surface area contributed by atoms with E-state index in [1.54, 1.807) is 60.7 Å². The molecule has 2 amide bonds. The zero-order valence-corrected chi connectivity index (χ0v) is 14.3. The Morgan fingerprint density at radius 1 is 0.778 bits per heavy atom. The fourth-order valence-corrected chi connectivity index (χ4v) is 2.29. The Morgan fingerprint density at radius 3 is 2.07 bits per heavy atom. The molecule has 3 aromatic carbocycles. The Morgan fingerprint density at radius 2 is 1.41 bits per heavy atom. The number of hydrazone groups is 1. The van der Waals surface area contributed by atoms with Crippen molar-refractivity contribution in [2.45, 2.75) is 0 Å². The second-order valence-corrected chi connectivity index (χ2v) is 5.69. The highest BCUT2D eigenvalue weighted by atomic mass is 16.3. The van der Waals surface area contributed by atoms with Gasteiger partial charge in [0, 0.05) is 16.8 Å². The Kier molecular flexibility index (Phi) is 5.59. The van der Waals surface area contributed by atoms with Crippen molar-refractivity contribution in [3.05, 3.63) is 95.6 Å². The highest BCUT2D eigenvalue weighted by Gasteiger charge is 2.07. The predicted octanol–water partition coefficient (Wildman–Crippen LogP) is 3.41. The van der Waals surface area contributed by atoms with Gasteiger partial charge < -0.3 is 10.4 Å². The summed E-state index contributed by atoms with van der Waals surface area (Å²) in [6, 6.07) is 21.8. The second-order valence-electron chi connectivity index (χ2n) is 5.69. The molecule has 27 heavy (non-hydrogen) atoms. The molecule has 6 heteroatoms. The van der Waals surface area contributed by atoms with Gasteiger partial charge in [-0.15, -0.1) is 0 Å². The van der Waals surface area contributed by atoms with E-state index in [0.717, 1.165) is 5.56 Å². The summed E-state index contributed by atoms with van der Waals surface area (Å²) in [5, 5.41) is 15.9. The number of nitrogens with zero attached hydrogens (tertiary/aromatic N) is 1. The molecule has 6 nitrogen and oxygen atoms in total. The number of carbonyl (C=O) groups excluding carboxylic acids is 2. The van der Waals surface area contributed by atoms with Gasteiger partial charge in [0.1, 0.15) is 5.75 Å². The number of benzene rings is 3. The fraction of sp³-hybridized carbons (Fsp3) is 0. The largest absolute Gasteiger partial charge is 0.508 e. The Bertz CT molecular complexity index is 950. The van der Waals surface area contributed by atoms with E-state index in [1.165, 1.54) is 18.3 Å². The number of anilines is 1. The van der Waals surface area contributed by atoms with E-state index in [4.69, 9.17) is 0 Å². The van der Waals surface area contributed by atoms with E-state index in [1.807, 2.05) is 6.07 Å². The average molecular weight is 359 g/mol. The van der Waals surface area contributed by atoms with Crippen molar-refractivity contribution < 1.29 is 14.7 Å². The summed E-state index contributed by atoms with van der Waals surface area (Å²) in [5.74, 6) is -0.423. The monoisotopic (exact) mass is 359 g/mol. The molecule has 0 saturated heterocycles. The summed E-state index contributed by atoms with van der Waals surface area (Å²) in [4.78, 5) is 24.2. The molecule has 0 spiro atoms. The molecule has 0 aromatic heterocycles. The number of hydrogen-bond donors (Lipinski definition) is 3. The first-order chi connectivity index (χ1) is 13.1. The van der Waals surface area contributed by atoms with Crippen LogP contribution in [0.15, 0.2) is 84.0 Å². The van der Waals surface area contributed by atoms with E-state index >= 15 is 0 Å². The Labute approximate surface area is 156 Å². The van der Waals surface area contributed by atoms with Crippen LogP contribution in [0.1, 0.15) is 26.3 Å². The molecule has 0 saturated carbocycles. The molecule has 0 radical (unpaired) electrons. The van der Waals surface area contributed by atoms with E-state index in [0.29, 0.717) is 16.8 Å². The smallest absolute Gasteiger partial charge is 0.271 e. The van der Waals surface area contributed by atoms with Crippen LogP contribution in [0.25, 0.3) is 0 Å². The van der Waals surface area contributed by atoms with Gasteiger partial charge in [0.2, 0.25) is 0 Å². The van der Waals surface area contributed by atoms with Crippen LogP contribution in [0.5, 0.6) is 5.75 Å². The van der Waals surface area contributed by atoms with E-state index in [2.05, 4.69) is 15.8 Å². The van der Waals surface area contributed by atoms with Gasteiger partial charge in [-0.2, -0.15) is 5.10 Å². The Balaban J connectivity index is 1.57. The molecular weight excluding hydrogens is 342 g/mol. The lowest BCUT2D eigenvalue weighted by molar-refractivity contribution is 0.0954. The highest BCUT2D eigenvalue weighted by Crippen LogP contribution is 2.12. The number of aromatic hydroxyl groups is 1. The van der Waals surface area contributed by atoms with E-state index in [9.17, 15) is 14.7 Å². The van der Waals surface area contributed by atoms with E-state index < -0.39 is 0 Å². The van der Waals surface area contributed by atoms with Crippen LogP contribution in [0.3, 0.4) is 0 Å². The molecular formula is C21H17N3O3. The van der Waals surface area contributed by atoms with Gasteiger partial charge in [0.25, 0.3) is 11.8 Å². The van der Waals surface area contributed by atoms with Crippen LogP contribution in [0, 0.1) is 0 Å². The van der Waals surface area contributed by atoms with Crippen LogP contribution >= 0.6 is 0 Å². The molecule has 0 unspecified atom stereocenters. The lowest BCUT2D eigenvalue weighted by atomic mass is 10.1. The van der Waals surface area contributed by atoms with Crippen LogP contribution < -0.4 is 10.7 Å². The van der Waals surface area contributed by atoms with Crippen LogP contribution in [0.2, 0.25) is 0 Å². The van der Waals surface area contributed by atoms with Gasteiger partial charge in [-0.1, -0.05) is 18.2 Å². The lowest BCUT2D eigenvalue weighted by Crippen LogP contribution is -2.17. The number of carbonyl (C=O) groups is 2. The second kappa shape index (κ2) is 8.44. The zero-order chi connectivity index (χ0) is 19.1. The summed E-state index contributed by atoms with van der Waals surface area (Å²) in [7, 11) is 0. The van der Waals surface area contributed by atoms with Gasteiger partial charge in [0.15, 0.2) is 0 Å². The summed E-state index contributed by atoms with van der Waals surface area (Å²) < 4.78 is 0. The minimum atomic E-state index is -0.369. The van der Waals surface area contributed by atoms with Crippen molar-refractivity contribution in [3.8, 4) is 5.75 Å². The maximum Gasteiger partial charge on any atom is 0.271 e. The van der Waals surface area contributed by atoms with Crippen molar-refractivity contribution in [1.29, 1.82) is 0 Å². The number of hydrogen-bond acceptors (Lipinski definition) is 4. The standard InChI is InChI=1S/C21H17N3O3/c25-19-12-6-15(7-13-19)14-22-24-21(27)17-8-10-18(11-9-17)23-20(26)16-4-2-1-3-5-16/h1-14,25H,(H,23,26)(H,24,27)/b22-14-. The highest BCUT2D eigenvalue weighted by molar-refractivity contribution is 6.04. The third-order valence-electron chi connectivity index (χ3n) is 3.71. The number of phenols is 1. The van der Waals surface area contributed by atoms with Gasteiger partial charge in [-0.05, 0) is 66.2 Å². The third-order valence-corrected chi connectivity index (χ3v) is 3.71. The SMILES string of the molecule is O=C(N/N=C\c1ccc(O)cc1)c1ccc(NC(=O)c2ccccc2)cc1. The first-order valence-electron chi connectivity index (χ1n) is 8.21. The van der Waals surface area contributed by atoms with Crippen LogP contribution in [0.4, 0.5) is 5.69 Å². The van der Waals surface area contributed by atoms with Gasteiger partial charge >= 0.3 is 0 Å². The molecule has 0 aliphatic carbocycles. The molecule has 0 aliphatic heterocycles. The first kappa shape index (κ1) is 17.9. The molecule has 0 aliphatic rings. The van der Waals surface area contributed by atoms with Gasteiger partial charge in [0.05, 0.1) is 6.21 Å². The lowest BCUT2D eigenvalue weighted by Gasteiger charge is -2.06. The number of amides is 2. The molecule has 3 aromatic rings. The van der Waals surface area contributed by atoms with Crippen molar-refractivity contribution in [2.24, 2.45) is 5.10 Å². The minimum Gasteiger partial charge on any atom is -0.508 e. The summed E-state index contributed by atoms with van der Waals surface area (Å²) in [6.07, 6.45) is 1.48. The topological polar surface area (TPSA) is 90.8 Å². The third kappa shape index (κ3) is 5.02. The zero-order valence-electron chi connectivity index (χ0n) is 14.3. The van der Waals surface area contributed by atoms with Gasteiger partial charge in [-0.25, -0.2) is 5.43 Å². The summed E-state index contributed by atoms with van der Waals surface area (Å²) in [5.41, 5.74) is 4.73.